The van der Waals surface area contributed by atoms with Gasteiger partial charge in [-0.05, 0) is 72.9 Å². The summed E-state index contributed by atoms with van der Waals surface area (Å²) in [6, 6.07) is 10.6. The smallest absolute Gasteiger partial charge is 0.354 e. The highest BCUT2D eigenvalue weighted by Gasteiger charge is 2.35. The first kappa shape index (κ1) is 33.4. The molecule has 2 atom stereocenters. The number of benzene rings is 2. The largest absolute Gasteiger partial charge is 0.391 e. The fourth-order valence-corrected chi connectivity index (χ4v) is 5.31. The van der Waals surface area contributed by atoms with Gasteiger partial charge in [-0.1, -0.05) is 38.1 Å². The molecule has 3 N–H and O–H groups in total. The fraction of sp³-hybridized carbons (Fsp3) is 0.533. The second kappa shape index (κ2) is 14.4. The van der Waals surface area contributed by atoms with Crippen LogP contribution in [0.4, 0.5) is 18.9 Å². The Hall–Kier alpha value is -3.12. The quantitative estimate of drug-likeness (QED) is 0.398. The van der Waals surface area contributed by atoms with Crippen molar-refractivity contribution in [1.82, 2.24) is 16.0 Å². The van der Waals surface area contributed by atoms with Crippen LogP contribution < -0.4 is 20.3 Å². The Labute approximate surface area is 246 Å². The van der Waals surface area contributed by atoms with E-state index in [2.05, 4.69) is 16.0 Å². The number of anilines is 1. The summed E-state index contributed by atoms with van der Waals surface area (Å²) in [6.45, 7) is 3.84. The second-order valence-corrected chi connectivity index (χ2v) is 13.5. The maximum atomic E-state index is 13.5. The number of sulfonamides is 1. The van der Waals surface area contributed by atoms with Crippen molar-refractivity contribution in [3.8, 4) is 0 Å². The van der Waals surface area contributed by atoms with Crippen LogP contribution in [0.3, 0.4) is 0 Å². The zero-order chi connectivity index (χ0) is 31.1. The van der Waals surface area contributed by atoms with E-state index in [-0.39, 0.29) is 24.6 Å². The van der Waals surface area contributed by atoms with Gasteiger partial charge < -0.3 is 16.0 Å². The van der Waals surface area contributed by atoms with Gasteiger partial charge in [-0.15, -0.1) is 0 Å². The first-order valence-electron chi connectivity index (χ1n) is 14.1. The van der Waals surface area contributed by atoms with Crippen molar-refractivity contribution < 1.29 is 31.2 Å². The molecule has 0 unspecified atom stereocenters. The van der Waals surface area contributed by atoms with Crippen molar-refractivity contribution in [3.05, 3.63) is 64.7 Å². The number of carbonyl (C=O) groups excluding carboxylic acids is 2. The minimum Gasteiger partial charge on any atom is -0.354 e. The SMILES string of the molecule is CC(C)CNC(=O)[C@H](CC(F)(F)F)NC[C@@H]1Cc2cccc(c2)CCCCc2cc(cc(N(C)S(C)(=O)=O)c2)C(=O)N1. The Balaban J connectivity index is 1.93. The number of carbonyl (C=O) groups is 2. The molecule has 232 valence electrons. The summed E-state index contributed by atoms with van der Waals surface area (Å²) in [5.41, 5.74) is 3.41. The van der Waals surface area contributed by atoms with E-state index in [4.69, 9.17) is 0 Å². The Bertz CT molecular complexity index is 1350. The molecule has 0 spiro atoms. The van der Waals surface area contributed by atoms with E-state index in [9.17, 15) is 31.2 Å². The van der Waals surface area contributed by atoms with E-state index >= 15 is 0 Å². The highest BCUT2D eigenvalue weighted by atomic mass is 32.2. The summed E-state index contributed by atoms with van der Waals surface area (Å²) >= 11 is 0. The molecule has 0 saturated heterocycles. The van der Waals surface area contributed by atoms with Gasteiger partial charge in [-0.2, -0.15) is 13.2 Å². The number of rotatable bonds is 9. The Morgan fingerprint density at radius 3 is 2.38 bits per heavy atom. The van der Waals surface area contributed by atoms with E-state index in [0.29, 0.717) is 18.5 Å². The van der Waals surface area contributed by atoms with Gasteiger partial charge in [0.25, 0.3) is 5.91 Å². The molecule has 4 bridgehead atoms. The zero-order valence-electron chi connectivity index (χ0n) is 24.6. The molecule has 8 nitrogen and oxygen atoms in total. The van der Waals surface area contributed by atoms with Gasteiger partial charge in [0.1, 0.15) is 0 Å². The van der Waals surface area contributed by atoms with Crippen LogP contribution in [0.15, 0.2) is 42.5 Å². The predicted molar refractivity (Wildman–Crippen MR) is 158 cm³/mol. The Kier molecular flexibility index (Phi) is 11.4. The molecule has 2 aromatic carbocycles. The van der Waals surface area contributed by atoms with Gasteiger partial charge in [0.2, 0.25) is 15.9 Å². The third-order valence-corrected chi connectivity index (χ3v) is 8.34. The number of amides is 2. The highest BCUT2D eigenvalue weighted by Crippen LogP contribution is 2.24. The Morgan fingerprint density at radius 1 is 1.07 bits per heavy atom. The van der Waals surface area contributed by atoms with Crippen LogP contribution in [0, 0.1) is 5.92 Å². The summed E-state index contributed by atoms with van der Waals surface area (Å²) in [4.78, 5) is 26.2. The van der Waals surface area contributed by atoms with Gasteiger partial charge in [-0.3, -0.25) is 13.9 Å². The number of halogens is 3. The van der Waals surface area contributed by atoms with Crippen molar-refractivity contribution in [1.29, 1.82) is 0 Å². The third kappa shape index (κ3) is 10.6. The third-order valence-electron chi connectivity index (χ3n) is 7.14. The van der Waals surface area contributed by atoms with Gasteiger partial charge in [0.15, 0.2) is 0 Å². The van der Waals surface area contributed by atoms with Crippen LogP contribution in [0.5, 0.6) is 0 Å². The first-order valence-corrected chi connectivity index (χ1v) is 16.0. The standard InChI is InChI=1S/C30H41F3N4O4S/c1-20(2)18-35-29(39)27(17-30(31,32)33)34-19-25-14-22-11-7-10-21(12-22)8-5-6-9-23-13-24(28(38)36-25)16-26(15-23)37(3)42(4,40)41/h7,10-13,15-16,20,25,27,34H,5-6,8-9,14,17-19H2,1-4H3,(H,35,39)(H,36,38)/t25-,27-/m0/s1. The van der Waals surface area contributed by atoms with E-state index in [1.807, 2.05) is 38.1 Å². The number of hydrogen-bond acceptors (Lipinski definition) is 5. The topological polar surface area (TPSA) is 108 Å². The lowest BCUT2D eigenvalue weighted by Gasteiger charge is -2.25. The van der Waals surface area contributed by atoms with E-state index < -0.39 is 46.5 Å². The average Bonchev–Trinajstić information content (AvgIpc) is 2.89. The molecule has 3 rings (SSSR count). The molecular formula is C30H41F3N4O4S. The lowest BCUT2D eigenvalue weighted by molar-refractivity contribution is -0.149. The van der Waals surface area contributed by atoms with E-state index in [0.717, 1.165) is 46.5 Å². The molecule has 1 heterocycles. The molecule has 0 saturated carbocycles. The van der Waals surface area contributed by atoms with Crippen LogP contribution in [-0.4, -0.2) is 64.9 Å². The van der Waals surface area contributed by atoms with Crippen molar-refractivity contribution in [2.24, 2.45) is 5.92 Å². The van der Waals surface area contributed by atoms with Crippen molar-refractivity contribution in [3.63, 3.8) is 0 Å². The molecule has 1 aliphatic heterocycles. The molecule has 0 aliphatic carbocycles. The molecule has 0 radical (unpaired) electrons. The number of aryl methyl sites for hydroxylation is 2. The summed E-state index contributed by atoms with van der Waals surface area (Å²) < 4.78 is 65.7. The summed E-state index contributed by atoms with van der Waals surface area (Å²) in [5.74, 6) is -1.18. The number of nitrogens with one attached hydrogen (secondary N) is 3. The van der Waals surface area contributed by atoms with Gasteiger partial charge in [-0.25, -0.2) is 8.42 Å². The van der Waals surface area contributed by atoms with Crippen molar-refractivity contribution in [2.45, 2.75) is 70.6 Å². The van der Waals surface area contributed by atoms with E-state index in [1.54, 1.807) is 12.1 Å². The molecule has 2 aromatic rings. The van der Waals surface area contributed by atoms with Gasteiger partial charge >= 0.3 is 6.18 Å². The normalized spacial score (nSPS) is 17.2. The molecular weight excluding hydrogens is 569 g/mol. The lowest BCUT2D eigenvalue weighted by atomic mass is 9.97. The number of hydrogen-bond donors (Lipinski definition) is 3. The van der Waals surface area contributed by atoms with Crippen molar-refractivity contribution in [2.75, 3.05) is 30.7 Å². The first-order chi connectivity index (χ1) is 19.6. The van der Waals surface area contributed by atoms with Crippen LogP contribution in [0.2, 0.25) is 0 Å². The molecule has 0 fully saturated rings. The van der Waals surface area contributed by atoms with Crippen LogP contribution >= 0.6 is 0 Å². The second-order valence-electron chi connectivity index (χ2n) is 11.4. The molecule has 42 heavy (non-hydrogen) atoms. The van der Waals surface area contributed by atoms with Gasteiger partial charge in [0.05, 0.1) is 24.4 Å². The van der Waals surface area contributed by atoms with Crippen LogP contribution in [0.25, 0.3) is 0 Å². The van der Waals surface area contributed by atoms with Crippen molar-refractivity contribution >= 4 is 27.5 Å². The molecule has 2 amide bonds. The van der Waals surface area contributed by atoms with Gasteiger partial charge in [0, 0.05) is 31.7 Å². The summed E-state index contributed by atoms with van der Waals surface area (Å²) in [5, 5.41) is 8.24. The van der Waals surface area contributed by atoms with E-state index in [1.165, 1.54) is 13.1 Å². The lowest BCUT2D eigenvalue weighted by Crippen LogP contribution is -2.52. The Morgan fingerprint density at radius 2 is 1.74 bits per heavy atom. The summed E-state index contributed by atoms with van der Waals surface area (Å²) in [7, 11) is -2.17. The maximum Gasteiger partial charge on any atom is 0.391 e. The minimum atomic E-state index is -4.57. The maximum absolute atomic E-state index is 13.5. The zero-order valence-corrected chi connectivity index (χ0v) is 25.4. The van der Waals surface area contributed by atoms with Crippen LogP contribution in [0.1, 0.15) is 60.2 Å². The van der Waals surface area contributed by atoms with Crippen LogP contribution in [-0.2, 0) is 34.1 Å². The highest BCUT2D eigenvalue weighted by molar-refractivity contribution is 7.92. The monoisotopic (exact) mass is 610 g/mol. The minimum absolute atomic E-state index is 0.0639. The molecule has 1 aliphatic rings. The number of nitrogens with zero attached hydrogens (tertiary/aromatic N) is 1. The number of fused-ring (bicyclic) bond motifs is 4. The molecule has 12 heteroatoms. The molecule has 0 aromatic heterocycles. The fourth-order valence-electron chi connectivity index (χ4n) is 4.82. The average molecular weight is 611 g/mol. The summed E-state index contributed by atoms with van der Waals surface area (Å²) in [6.07, 6.45) is -1.35. The number of alkyl halides is 3. The predicted octanol–water partition coefficient (Wildman–Crippen LogP) is 3.99.